The third kappa shape index (κ3) is 2.58. The minimum Gasteiger partial charge on any atom is -0.475 e. The summed E-state index contributed by atoms with van der Waals surface area (Å²) >= 11 is 0. The Morgan fingerprint density at radius 1 is 1.55 bits per heavy atom. The van der Waals surface area contributed by atoms with Crippen LogP contribution in [-0.4, -0.2) is 11.1 Å². The topological polar surface area (TPSA) is 22.1 Å². The number of nitrogens with zero attached hydrogens (tertiary/aromatic N) is 1. The van der Waals surface area contributed by atoms with Crippen molar-refractivity contribution < 1.29 is 4.74 Å². The zero-order valence-electron chi connectivity index (χ0n) is 7.09. The number of hydrogen-bond donors (Lipinski definition) is 0. The lowest BCUT2D eigenvalue weighted by molar-refractivity contribution is 0.232. The summed E-state index contributed by atoms with van der Waals surface area (Å²) in [4.78, 5) is 4.00. The Bertz CT molecular complexity index is 233. The molecule has 0 aromatic carbocycles. The van der Waals surface area contributed by atoms with Gasteiger partial charge in [0.05, 0.1) is 6.10 Å². The Morgan fingerprint density at radius 3 is 2.82 bits per heavy atom. The van der Waals surface area contributed by atoms with Gasteiger partial charge in [-0.25, -0.2) is 4.98 Å². The molecular formula is C9H12NO. The van der Waals surface area contributed by atoms with E-state index in [0.29, 0.717) is 5.88 Å². The molecule has 0 aliphatic rings. The molecular weight excluding hydrogens is 138 g/mol. The van der Waals surface area contributed by atoms with Crippen LogP contribution in [-0.2, 0) is 0 Å². The lowest BCUT2D eigenvalue weighted by Gasteiger charge is -2.07. The van der Waals surface area contributed by atoms with Gasteiger partial charge in [-0.3, -0.25) is 0 Å². The first kappa shape index (κ1) is 8.05. The van der Waals surface area contributed by atoms with Crippen molar-refractivity contribution in [3.63, 3.8) is 0 Å². The maximum absolute atomic E-state index is 5.36. The first-order chi connectivity index (χ1) is 5.18. The Kier molecular flexibility index (Phi) is 2.47. The van der Waals surface area contributed by atoms with E-state index >= 15 is 0 Å². The Balaban J connectivity index is 2.71. The molecule has 59 valence electrons. The number of hydrogen-bond acceptors (Lipinski definition) is 2. The first-order valence-corrected chi connectivity index (χ1v) is 3.69. The van der Waals surface area contributed by atoms with Crippen LogP contribution in [0.5, 0.6) is 5.88 Å². The number of ether oxygens (including phenoxy) is 1. The van der Waals surface area contributed by atoms with Gasteiger partial charge in [0.2, 0.25) is 5.88 Å². The Labute approximate surface area is 67.2 Å². The molecule has 0 N–H and O–H groups in total. The molecule has 0 aliphatic heterocycles. The summed E-state index contributed by atoms with van der Waals surface area (Å²) in [5.74, 6) is 0.677. The molecule has 0 atom stereocenters. The van der Waals surface area contributed by atoms with Gasteiger partial charge in [-0.1, -0.05) is 0 Å². The van der Waals surface area contributed by atoms with Crippen molar-refractivity contribution in [1.82, 2.24) is 4.98 Å². The number of aryl methyl sites for hydroxylation is 1. The fraction of sp³-hybridized carbons (Fsp3) is 0.444. The highest BCUT2D eigenvalue weighted by Gasteiger charge is 1.97. The molecule has 1 aromatic rings. The highest BCUT2D eigenvalue weighted by Crippen LogP contribution is 2.08. The second-order valence-electron chi connectivity index (χ2n) is 2.73. The molecule has 0 fully saturated rings. The maximum atomic E-state index is 5.36. The Morgan fingerprint density at radius 2 is 2.27 bits per heavy atom. The molecule has 0 unspecified atom stereocenters. The fourth-order valence-corrected chi connectivity index (χ4v) is 0.768. The summed E-state index contributed by atoms with van der Waals surface area (Å²) in [6, 6.07) is 4.83. The van der Waals surface area contributed by atoms with Crippen LogP contribution in [0.25, 0.3) is 0 Å². The van der Waals surface area contributed by atoms with Crippen molar-refractivity contribution in [1.29, 1.82) is 0 Å². The van der Waals surface area contributed by atoms with Crippen LogP contribution in [0, 0.1) is 13.0 Å². The highest BCUT2D eigenvalue weighted by atomic mass is 16.5. The zero-order valence-corrected chi connectivity index (χ0v) is 7.09. The summed E-state index contributed by atoms with van der Waals surface area (Å²) in [5.41, 5.74) is 1.05. The molecule has 1 radical (unpaired) electrons. The van der Waals surface area contributed by atoms with Crippen molar-refractivity contribution in [2.75, 3.05) is 0 Å². The predicted molar refractivity (Wildman–Crippen MR) is 43.6 cm³/mol. The van der Waals surface area contributed by atoms with E-state index in [-0.39, 0.29) is 6.10 Å². The van der Waals surface area contributed by atoms with Crippen LogP contribution in [0.3, 0.4) is 0 Å². The van der Waals surface area contributed by atoms with Crippen LogP contribution in [0.1, 0.15) is 19.4 Å². The molecule has 1 heterocycles. The fourth-order valence-electron chi connectivity index (χ4n) is 0.768. The van der Waals surface area contributed by atoms with Gasteiger partial charge >= 0.3 is 0 Å². The van der Waals surface area contributed by atoms with E-state index in [1.807, 2.05) is 26.8 Å². The van der Waals surface area contributed by atoms with Gasteiger partial charge < -0.3 is 4.74 Å². The first-order valence-electron chi connectivity index (χ1n) is 3.69. The van der Waals surface area contributed by atoms with E-state index in [2.05, 4.69) is 11.1 Å². The SMILES string of the molecule is Cc1[c]cnc(OC(C)C)c1. The van der Waals surface area contributed by atoms with Crippen molar-refractivity contribution >= 4 is 0 Å². The molecule has 0 saturated heterocycles. The highest BCUT2D eigenvalue weighted by molar-refractivity contribution is 5.17. The van der Waals surface area contributed by atoms with Crippen LogP contribution in [0.15, 0.2) is 12.3 Å². The van der Waals surface area contributed by atoms with Crippen molar-refractivity contribution in [3.05, 3.63) is 23.9 Å². The number of pyridine rings is 1. The van der Waals surface area contributed by atoms with E-state index in [1.54, 1.807) is 6.20 Å². The number of rotatable bonds is 2. The standard InChI is InChI=1S/C9H12NO/c1-7(2)11-9-6-8(3)4-5-10-9/h5-7H,1-3H3. The van der Waals surface area contributed by atoms with E-state index in [9.17, 15) is 0 Å². The molecule has 0 aliphatic carbocycles. The average molecular weight is 150 g/mol. The van der Waals surface area contributed by atoms with E-state index in [0.717, 1.165) is 5.56 Å². The van der Waals surface area contributed by atoms with Crippen LogP contribution < -0.4 is 4.74 Å². The van der Waals surface area contributed by atoms with Gasteiger partial charge in [-0.05, 0) is 26.3 Å². The molecule has 1 rings (SSSR count). The van der Waals surface area contributed by atoms with Gasteiger partial charge in [-0.15, -0.1) is 0 Å². The third-order valence-electron chi connectivity index (χ3n) is 1.18. The largest absolute Gasteiger partial charge is 0.475 e. The van der Waals surface area contributed by atoms with Crippen molar-refractivity contribution in [2.45, 2.75) is 26.9 Å². The van der Waals surface area contributed by atoms with Gasteiger partial charge in [0.15, 0.2) is 0 Å². The normalized spacial score (nSPS) is 10.2. The van der Waals surface area contributed by atoms with Crippen molar-refractivity contribution in [3.8, 4) is 5.88 Å². The quantitative estimate of drug-likeness (QED) is 0.643. The molecule has 2 heteroatoms. The molecule has 0 bridgehead atoms. The molecule has 11 heavy (non-hydrogen) atoms. The smallest absolute Gasteiger partial charge is 0.213 e. The second kappa shape index (κ2) is 3.37. The molecule has 1 aromatic heterocycles. The minimum atomic E-state index is 0.185. The summed E-state index contributed by atoms with van der Waals surface area (Å²) in [6.07, 6.45) is 1.82. The summed E-state index contributed by atoms with van der Waals surface area (Å²) < 4.78 is 5.36. The summed E-state index contributed by atoms with van der Waals surface area (Å²) in [5, 5.41) is 0. The van der Waals surface area contributed by atoms with Crippen LogP contribution in [0.2, 0.25) is 0 Å². The number of aromatic nitrogens is 1. The minimum absolute atomic E-state index is 0.185. The van der Waals surface area contributed by atoms with Gasteiger partial charge in [0.1, 0.15) is 0 Å². The molecule has 0 amide bonds. The van der Waals surface area contributed by atoms with Gasteiger partial charge in [0, 0.05) is 18.3 Å². The Hall–Kier alpha value is -1.05. The lowest BCUT2D eigenvalue weighted by Crippen LogP contribution is -2.06. The van der Waals surface area contributed by atoms with E-state index < -0.39 is 0 Å². The predicted octanol–water partition coefficient (Wildman–Crippen LogP) is 1.98. The molecule has 2 nitrogen and oxygen atoms in total. The van der Waals surface area contributed by atoms with Gasteiger partial charge in [-0.2, -0.15) is 0 Å². The van der Waals surface area contributed by atoms with E-state index in [1.165, 1.54) is 0 Å². The molecule has 0 spiro atoms. The third-order valence-corrected chi connectivity index (χ3v) is 1.18. The lowest BCUT2D eigenvalue weighted by atomic mass is 10.3. The van der Waals surface area contributed by atoms with Gasteiger partial charge in [0.25, 0.3) is 0 Å². The molecule has 0 saturated carbocycles. The van der Waals surface area contributed by atoms with Crippen LogP contribution in [0.4, 0.5) is 0 Å². The monoisotopic (exact) mass is 150 g/mol. The summed E-state index contributed by atoms with van der Waals surface area (Å²) in [6.45, 7) is 5.93. The van der Waals surface area contributed by atoms with Crippen molar-refractivity contribution in [2.24, 2.45) is 0 Å². The maximum Gasteiger partial charge on any atom is 0.213 e. The second-order valence-corrected chi connectivity index (χ2v) is 2.73. The van der Waals surface area contributed by atoms with E-state index in [4.69, 9.17) is 4.74 Å². The van der Waals surface area contributed by atoms with Crippen LogP contribution >= 0.6 is 0 Å². The average Bonchev–Trinajstić information content (AvgIpc) is 1.85. The zero-order chi connectivity index (χ0) is 8.27. The summed E-state index contributed by atoms with van der Waals surface area (Å²) in [7, 11) is 0.